The molecular weight excluding hydrogens is 224 g/mol. The first kappa shape index (κ1) is 12.5. The van der Waals surface area contributed by atoms with E-state index >= 15 is 0 Å². The average molecular weight is 244 g/mol. The fourth-order valence-corrected chi connectivity index (χ4v) is 2.01. The summed E-state index contributed by atoms with van der Waals surface area (Å²) in [4.78, 5) is 6.50. The van der Waals surface area contributed by atoms with Crippen LogP contribution in [0.3, 0.4) is 0 Å². The summed E-state index contributed by atoms with van der Waals surface area (Å²) in [5.74, 6) is 0.928. The molecule has 0 spiro atoms. The third-order valence-electron chi connectivity index (χ3n) is 3.03. The van der Waals surface area contributed by atoms with Gasteiger partial charge in [0.1, 0.15) is 0 Å². The minimum absolute atomic E-state index is 0.928. The maximum Gasteiger partial charge on any atom is 0.202 e. The summed E-state index contributed by atoms with van der Waals surface area (Å²) in [6, 6.07) is 10.5. The normalized spacial score (nSPS) is 10.3. The first-order valence-electron chi connectivity index (χ1n) is 6.26. The Labute approximate surface area is 108 Å². The molecule has 1 heterocycles. The van der Waals surface area contributed by atoms with Gasteiger partial charge >= 0.3 is 0 Å². The van der Waals surface area contributed by atoms with Crippen molar-refractivity contribution in [1.82, 2.24) is 9.55 Å². The second-order valence-electron chi connectivity index (χ2n) is 4.30. The second-order valence-corrected chi connectivity index (χ2v) is 4.30. The molecule has 0 fully saturated rings. The molecule has 4 nitrogen and oxygen atoms in total. The Morgan fingerprint density at radius 3 is 2.78 bits per heavy atom. The quantitative estimate of drug-likeness (QED) is 0.847. The zero-order chi connectivity index (χ0) is 12.8. The van der Waals surface area contributed by atoms with Crippen LogP contribution in [0.1, 0.15) is 6.42 Å². The monoisotopic (exact) mass is 244 g/mol. The van der Waals surface area contributed by atoms with E-state index in [4.69, 9.17) is 0 Å². The molecule has 0 atom stereocenters. The third-order valence-corrected chi connectivity index (χ3v) is 3.03. The standard InChI is InChI=1S/C14H20N4/c1-15-14-16-9-12-18(14)11-6-10-17(2)13-7-4-3-5-8-13/h3-5,7-9,12H,6,10-11H2,1-2H3,(H,15,16). The van der Waals surface area contributed by atoms with E-state index in [2.05, 4.69) is 51.1 Å². The number of hydrogen-bond acceptors (Lipinski definition) is 3. The zero-order valence-corrected chi connectivity index (χ0v) is 11.0. The van der Waals surface area contributed by atoms with Gasteiger partial charge in [-0.25, -0.2) is 4.98 Å². The van der Waals surface area contributed by atoms with Crippen molar-refractivity contribution < 1.29 is 0 Å². The van der Waals surface area contributed by atoms with E-state index < -0.39 is 0 Å². The number of aromatic nitrogens is 2. The molecule has 0 saturated carbocycles. The molecule has 0 radical (unpaired) electrons. The maximum absolute atomic E-state index is 4.23. The minimum Gasteiger partial charge on any atom is -0.375 e. The molecule has 1 N–H and O–H groups in total. The van der Waals surface area contributed by atoms with Crippen molar-refractivity contribution in [2.24, 2.45) is 0 Å². The van der Waals surface area contributed by atoms with Gasteiger partial charge in [0.2, 0.25) is 5.95 Å². The van der Waals surface area contributed by atoms with Gasteiger partial charge < -0.3 is 14.8 Å². The van der Waals surface area contributed by atoms with E-state index in [9.17, 15) is 0 Å². The van der Waals surface area contributed by atoms with Gasteiger partial charge in [-0.2, -0.15) is 0 Å². The summed E-state index contributed by atoms with van der Waals surface area (Å²) in [6.45, 7) is 2.01. The number of benzene rings is 1. The Bertz CT molecular complexity index is 464. The van der Waals surface area contributed by atoms with Gasteiger partial charge in [-0.3, -0.25) is 0 Å². The highest BCUT2D eigenvalue weighted by Crippen LogP contribution is 2.12. The molecule has 0 saturated heterocycles. The summed E-state index contributed by atoms with van der Waals surface area (Å²) in [5.41, 5.74) is 1.26. The second kappa shape index (κ2) is 6.10. The highest BCUT2D eigenvalue weighted by molar-refractivity contribution is 5.44. The first-order chi connectivity index (χ1) is 8.81. The van der Waals surface area contributed by atoms with Crippen molar-refractivity contribution in [2.45, 2.75) is 13.0 Å². The van der Waals surface area contributed by atoms with E-state index in [1.54, 1.807) is 0 Å². The lowest BCUT2D eigenvalue weighted by atomic mass is 10.3. The Balaban J connectivity index is 1.82. The molecule has 4 heteroatoms. The molecule has 2 rings (SSSR count). The molecule has 96 valence electrons. The largest absolute Gasteiger partial charge is 0.375 e. The summed E-state index contributed by atoms with van der Waals surface area (Å²) < 4.78 is 2.14. The minimum atomic E-state index is 0.928. The van der Waals surface area contributed by atoms with E-state index in [0.717, 1.165) is 25.5 Å². The number of imidazole rings is 1. The molecule has 0 aliphatic rings. The number of rotatable bonds is 6. The van der Waals surface area contributed by atoms with Crippen LogP contribution in [0, 0.1) is 0 Å². The van der Waals surface area contributed by atoms with Crippen LogP contribution in [0.2, 0.25) is 0 Å². The molecule has 2 aromatic rings. The molecule has 1 aromatic carbocycles. The lowest BCUT2D eigenvalue weighted by Gasteiger charge is -2.19. The highest BCUT2D eigenvalue weighted by atomic mass is 15.2. The fourth-order valence-electron chi connectivity index (χ4n) is 2.01. The Morgan fingerprint density at radius 1 is 1.28 bits per heavy atom. The number of nitrogens with zero attached hydrogens (tertiary/aromatic N) is 3. The van der Waals surface area contributed by atoms with Crippen LogP contribution in [0.4, 0.5) is 11.6 Å². The van der Waals surface area contributed by atoms with Gasteiger partial charge in [-0.15, -0.1) is 0 Å². The SMILES string of the molecule is CNc1nccn1CCCN(C)c1ccccc1. The van der Waals surface area contributed by atoms with E-state index in [0.29, 0.717) is 0 Å². The van der Waals surface area contributed by atoms with Gasteiger partial charge in [-0.1, -0.05) is 18.2 Å². The van der Waals surface area contributed by atoms with Gasteiger partial charge in [0, 0.05) is 45.3 Å². The van der Waals surface area contributed by atoms with E-state index in [1.807, 2.05) is 25.5 Å². The van der Waals surface area contributed by atoms with Crippen molar-refractivity contribution in [3.63, 3.8) is 0 Å². The van der Waals surface area contributed by atoms with Gasteiger partial charge in [0.25, 0.3) is 0 Å². The van der Waals surface area contributed by atoms with Gasteiger partial charge in [0.05, 0.1) is 0 Å². The van der Waals surface area contributed by atoms with Crippen molar-refractivity contribution in [2.75, 3.05) is 30.9 Å². The summed E-state index contributed by atoms with van der Waals surface area (Å²) in [6.07, 6.45) is 4.93. The van der Waals surface area contributed by atoms with Crippen LogP contribution in [0.15, 0.2) is 42.7 Å². The number of para-hydroxylation sites is 1. The van der Waals surface area contributed by atoms with Crippen molar-refractivity contribution in [3.05, 3.63) is 42.7 Å². The molecule has 0 unspecified atom stereocenters. The zero-order valence-electron chi connectivity index (χ0n) is 11.0. The lowest BCUT2D eigenvalue weighted by molar-refractivity contribution is 0.643. The number of hydrogen-bond donors (Lipinski definition) is 1. The van der Waals surface area contributed by atoms with E-state index in [-0.39, 0.29) is 0 Å². The van der Waals surface area contributed by atoms with Crippen molar-refractivity contribution >= 4 is 11.6 Å². The highest BCUT2D eigenvalue weighted by Gasteiger charge is 2.02. The molecule has 0 aliphatic carbocycles. The molecular formula is C14H20N4. The van der Waals surface area contributed by atoms with Crippen LogP contribution in [-0.2, 0) is 6.54 Å². The van der Waals surface area contributed by atoms with Gasteiger partial charge in [-0.05, 0) is 18.6 Å². The predicted octanol–water partition coefficient (Wildman–Crippen LogP) is 2.45. The van der Waals surface area contributed by atoms with Crippen LogP contribution < -0.4 is 10.2 Å². The smallest absolute Gasteiger partial charge is 0.202 e. The predicted molar refractivity (Wildman–Crippen MR) is 76.1 cm³/mol. The Morgan fingerprint density at radius 2 is 2.06 bits per heavy atom. The van der Waals surface area contributed by atoms with Gasteiger partial charge in [0.15, 0.2) is 0 Å². The van der Waals surface area contributed by atoms with Crippen LogP contribution in [-0.4, -0.2) is 30.2 Å². The van der Waals surface area contributed by atoms with Crippen LogP contribution in [0.25, 0.3) is 0 Å². The molecule has 0 aliphatic heterocycles. The van der Waals surface area contributed by atoms with Crippen molar-refractivity contribution in [3.8, 4) is 0 Å². The molecule has 1 aromatic heterocycles. The first-order valence-corrected chi connectivity index (χ1v) is 6.26. The van der Waals surface area contributed by atoms with Crippen LogP contribution >= 0.6 is 0 Å². The molecule has 0 bridgehead atoms. The number of aryl methyl sites for hydroxylation is 1. The van der Waals surface area contributed by atoms with Crippen molar-refractivity contribution in [1.29, 1.82) is 0 Å². The Hall–Kier alpha value is -1.97. The molecule has 18 heavy (non-hydrogen) atoms. The third kappa shape index (κ3) is 3.03. The fraction of sp³-hybridized carbons (Fsp3) is 0.357. The summed E-state index contributed by atoms with van der Waals surface area (Å²) in [7, 11) is 4.02. The molecule has 0 amide bonds. The van der Waals surface area contributed by atoms with Crippen LogP contribution in [0.5, 0.6) is 0 Å². The number of nitrogens with one attached hydrogen (secondary N) is 1. The maximum atomic E-state index is 4.23. The summed E-state index contributed by atoms with van der Waals surface area (Å²) >= 11 is 0. The lowest BCUT2D eigenvalue weighted by Crippen LogP contribution is -2.19. The average Bonchev–Trinajstić information content (AvgIpc) is 2.87. The topological polar surface area (TPSA) is 33.1 Å². The van der Waals surface area contributed by atoms with E-state index in [1.165, 1.54) is 5.69 Å². The summed E-state index contributed by atoms with van der Waals surface area (Å²) in [5, 5.41) is 3.08. The number of anilines is 2. The Kier molecular flexibility index (Phi) is 4.23.